The number of allylic oxidation sites excluding steroid dienone is 1. The predicted octanol–water partition coefficient (Wildman–Crippen LogP) is 1.99. The van der Waals surface area contributed by atoms with E-state index in [0.29, 0.717) is 0 Å². The molecule has 5 heteroatoms. The van der Waals surface area contributed by atoms with Crippen LogP contribution in [0.15, 0.2) is 12.2 Å². The first-order valence-electron chi connectivity index (χ1n) is 3.98. The van der Waals surface area contributed by atoms with Gasteiger partial charge in [-0.05, 0) is 26.3 Å². The van der Waals surface area contributed by atoms with Crippen LogP contribution in [0.4, 0.5) is 8.78 Å². The summed E-state index contributed by atoms with van der Waals surface area (Å²) in [6, 6.07) is 0. The average molecular weight is 211 g/mol. The molecule has 0 saturated heterocycles. The Bertz CT molecular complexity index is 172. The van der Waals surface area contributed by atoms with Gasteiger partial charge in [0.2, 0.25) is 6.43 Å². The van der Waals surface area contributed by atoms with E-state index in [1.165, 1.54) is 0 Å². The van der Waals surface area contributed by atoms with Crippen LogP contribution in [0.3, 0.4) is 0 Å². The van der Waals surface area contributed by atoms with E-state index in [-0.39, 0.29) is 12.8 Å². The third-order valence-corrected chi connectivity index (χ3v) is 2.76. The molecule has 0 radical (unpaired) electrons. The third-order valence-electron chi connectivity index (χ3n) is 1.59. The molecule has 1 unspecified atom stereocenters. The fourth-order valence-corrected chi connectivity index (χ4v) is 0.887. The minimum atomic E-state index is -2.28. The van der Waals surface area contributed by atoms with Crippen LogP contribution in [0.1, 0.15) is 26.7 Å². The van der Waals surface area contributed by atoms with E-state index >= 15 is 0 Å². The van der Waals surface area contributed by atoms with Crippen molar-refractivity contribution in [2.24, 2.45) is 5.14 Å². The van der Waals surface area contributed by atoms with E-state index in [1.54, 1.807) is 26.0 Å². The summed E-state index contributed by atoms with van der Waals surface area (Å²) < 4.78 is 33.6. The predicted molar refractivity (Wildman–Crippen MR) is 50.8 cm³/mol. The summed E-state index contributed by atoms with van der Waals surface area (Å²) in [4.78, 5) is 0. The van der Waals surface area contributed by atoms with Gasteiger partial charge in [-0.2, -0.15) is 5.14 Å². The van der Waals surface area contributed by atoms with E-state index in [2.05, 4.69) is 0 Å². The Morgan fingerprint density at radius 2 is 2.08 bits per heavy atom. The highest BCUT2D eigenvalue weighted by molar-refractivity contribution is 7.90. The van der Waals surface area contributed by atoms with Crippen LogP contribution in [0.5, 0.6) is 0 Å². The number of rotatable bonds is 5. The molecule has 0 aromatic heterocycles. The maximum absolute atomic E-state index is 11.7. The Morgan fingerprint density at radius 1 is 1.54 bits per heavy atom. The van der Waals surface area contributed by atoms with Crippen LogP contribution < -0.4 is 5.14 Å². The van der Waals surface area contributed by atoms with Gasteiger partial charge >= 0.3 is 0 Å². The summed E-state index contributed by atoms with van der Waals surface area (Å²) in [5.41, 5.74) is 0. The normalized spacial score (nSPS) is 15.6. The lowest BCUT2D eigenvalue weighted by atomic mass is 10.1. The standard InChI is InChI=1S/C8H15F2NOS/c1-8(2,13(11)12)6-4-3-5-7(9)10/h4,6-7H,3,5,11H2,1-2H3. The van der Waals surface area contributed by atoms with Crippen molar-refractivity contribution < 1.29 is 13.3 Å². The summed E-state index contributed by atoms with van der Waals surface area (Å²) >= 11 is -1.46. The highest BCUT2D eigenvalue weighted by atomic mass is 32.2. The SMILES string of the molecule is CC(C)(C=CCCC(F)F)[S+](N)[O-]. The van der Waals surface area contributed by atoms with E-state index in [4.69, 9.17) is 5.14 Å². The molecule has 13 heavy (non-hydrogen) atoms. The second-order valence-corrected chi connectivity index (χ2v) is 4.92. The van der Waals surface area contributed by atoms with Gasteiger partial charge in [0.25, 0.3) is 0 Å². The fraction of sp³-hybridized carbons (Fsp3) is 0.750. The van der Waals surface area contributed by atoms with Crippen molar-refractivity contribution in [2.75, 3.05) is 0 Å². The molecule has 0 rings (SSSR count). The molecule has 0 aliphatic heterocycles. The lowest BCUT2D eigenvalue weighted by Gasteiger charge is -2.19. The number of nitrogens with two attached hydrogens (primary N) is 1. The summed E-state index contributed by atoms with van der Waals surface area (Å²) in [7, 11) is 0. The minimum absolute atomic E-state index is 0.163. The van der Waals surface area contributed by atoms with Crippen LogP contribution in [0, 0.1) is 0 Å². The Balaban J connectivity index is 3.83. The van der Waals surface area contributed by atoms with Crippen molar-refractivity contribution >= 4 is 11.4 Å². The molecule has 0 amide bonds. The third kappa shape index (κ3) is 6.01. The number of halogens is 2. The van der Waals surface area contributed by atoms with Gasteiger partial charge in [-0.15, -0.1) is 0 Å². The zero-order valence-corrected chi connectivity index (χ0v) is 8.61. The molecule has 0 aromatic carbocycles. The molecule has 0 saturated carbocycles. The zero-order valence-electron chi connectivity index (χ0n) is 7.80. The molecule has 0 spiro atoms. The fourth-order valence-electron chi connectivity index (χ4n) is 0.656. The van der Waals surface area contributed by atoms with Gasteiger partial charge < -0.3 is 4.55 Å². The Morgan fingerprint density at radius 3 is 2.46 bits per heavy atom. The quantitative estimate of drug-likeness (QED) is 0.558. The number of alkyl halides is 2. The van der Waals surface area contributed by atoms with E-state index in [0.717, 1.165) is 0 Å². The average Bonchev–Trinajstić information content (AvgIpc) is 1.97. The molecule has 1 atom stereocenters. The molecule has 78 valence electrons. The number of hydrogen-bond acceptors (Lipinski definition) is 2. The molecule has 0 heterocycles. The van der Waals surface area contributed by atoms with Crippen molar-refractivity contribution in [1.29, 1.82) is 0 Å². The monoisotopic (exact) mass is 211 g/mol. The summed E-state index contributed by atoms with van der Waals surface area (Å²) in [6.07, 6.45) is 1.06. The molecule has 0 aromatic rings. The van der Waals surface area contributed by atoms with Crippen LogP contribution in [0.25, 0.3) is 0 Å². The van der Waals surface area contributed by atoms with Crippen molar-refractivity contribution in [3.8, 4) is 0 Å². The maximum Gasteiger partial charge on any atom is 0.238 e. The van der Waals surface area contributed by atoms with Gasteiger partial charge in [-0.1, -0.05) is 6.08 Å². The molecule has 0 bridgehead atoms. The van der Waals surface area contributed by atoms with Crippen LogP contribution in [-0.2, 0) is 11.4 Å². The second kappa shape index (κ2) is 5.57. The smallest absolute Gasteiger partial charge is 0.238 e. The summed E-state index contributed by atoms with van der Waals surface area (Å²) in [6.45, 7) is 3.39. The first-order chi connectivity index (χ1) is 5.86. The van der Waals surface area contributed by atoms with Crippen molar-refractivity contribution in [3.63, 3.8) is 0 Å². The van der Waals surface area contributed by atoms with Gasteiger partial charge in [-0.25, -0.2) is 8.78 Å². The van der Waals surface area contributed by atoms with Crippen molar-refractivity contribution in [1.82, 2.24) is 0 Å². The van der Waals surface area contributed by atoms with Gasteiger partial charge in [0, 0.05) is 17.8 Å². The summed E-state index contributed by atoms with van der Waals surface area (Å²) in [5, 5.41) is 5.19. The topological polar surface area (TPSA) is 49.1 Å². The Hall–Kier alpha value is -0.130. The van der Waals surface area contributed by atoms with E-state index in [9.17, 15) is 13.3 Å². The maximum atomic E-state index is 11.7. The largest absolute Gasteiger partial charge is 0.598 e. The Labute approximate surface area is 80.5 Å². The van der Waals surface area contributed by atoms with E-state index in [1.807, 2.05) is 0 Å². The zero-order chi connectivity index (χ0) is 10.5. The van der Waals surface area contributed by atoms with Crippen molar-refractivity contribution in [3.05, 3.63) is 12.2 Å². The minimum Gasteiger partial charge on any atom is -0.598 e. The van der Waals surface area contributed by atoms with Gasteiger partial charge in [0.15, 0.2) is 4.75 Å². The Kier molecular flexibility index (Phi) is 5.51. The molecular formula is C8H15F2NOS. The first-order valence-corrected chi connectivity index (χ1v) is 5.19. The molecule has 0 aliphatic carbocycles. The molecule has 0 aliphatic rings. The van der Waals surface area contributed by atoms with Crippen LogP contribution >= 0.6 is 0 Å². The highest BCUT2D eigenvalue weighted by Crippen LogP contribution is 2.15. The molecule has 0 fully saturated rings. The molecule has 2 N–H and O–H groups in total. The van der Waals surface area contributed by atoms with Crippen LogP contribution in [-0.4, -0.2) is 15.7 Å². The highest BCUT2D eigenvalue weighted by Gasteiger charge is 2.25. The second-order valence-electron chi connectivity index (χ2n) is 3.27. The lowest BCUT2D eigenvalue weighted by Crippen LogP contribution is -2.35. The van der Waals surface area contributed by atoms with Crippen molar-refractivity contribution in [2.45, 2.75) is 37.9 Å². The summed E-state index contributed by atoms with van der Waals surface area (Å²) in [5.74, 6) is 0. The van der Waals surface area contributed by atoms with Crippen LogP contribution in [0.2, 0.25) is 0 Å². The van der Waals surface area contributed by atoms with E-state index < -0.39 is 22.5 Å². The van der Waals surface area contributed by atoms with Gasteiger partial charge in [0.05, 0.1) is 0 Å². The van der Waals surface area contributed by atoms with Gasteiger partial charge in [-0.3, -0.25) is 0 Å². The number of hydrogen-bond donors (Lipinski definition) is 1. The molecular weight excluding hydrogens is 196 g/mol. The lowest BCUT2D eigenvalue weighted by molar-refractivity contribution is 0.139. The van der Waals surface area contributed by atoms with Gasteiger partial charge in [0.1, 0.15) is 0 Å². The molecule has 2 nitrogen and oxygen atoms in total. The first kappa shape index (κ1) is 12.9.